The Kier molecular flexibility index (Phi) is 3.29. The summed E-state index contributed by atoms with van der Waals surface area (Å²) in [5.74, 6) is 0. The fraction of sp³-hybridized carbons (Fsp3) is 0. The van der Waals surface area contributed by atoms with Gasteiger partial charge >= 0.3 is 12.2 Å². The Bertz CT molecular complexity index is 444. The van der Waals surface area contributed by atoms with Crippen molar-refractivity contribution in [1.82, 2.24) is 0 Å². The highest BCUT2D eigenvalue weighted by atomic mass is 16.4. The molecule has 0 heterocycles. The van der Waals surface area contributed by atoms with Crippen LogP contribution >= 0.6 is 0 Å². The normalized spacial score (nSPS) is 8.94. The second-order valence-corrected chi connectivity index (χ2v) is 2.70. The van der Waals surface area contributed by atoms with Crippen LogP contribution < -0.4 is 10.6 Å². The van der Waals surface area contributed by atoms with E-state index in [0.29, 0.717) is 0 Å². The van der Waals surface area contributed by atoms with E-state index >= 15 is 0 Å². The van der Waals surface area contributed by atoms with Crippen LogP contribution in [-0.2, 0) is 0 Å². The van der Waals surface area contributed by atoms with Crippen LogP contribution in [0.5, 0.6) is 0 Å². The van der Waals surface area contributed by atoms with Crippen molar-refractivity contribution in [2.24, 2.45) is 0 Å². The number of hydrogen-bond acceptors (Lipinski definition) is 3. The highest BCUT2D eigenvalue weighted by Crippen LogP contribution is 2.23. The van der Waals surface area contributed by atoms with E-state index in [1.54, 1.807) is 6.07 Å². The van der Waals surface area contributed by atoms with Crippen molar-refractivity contribution in [3.63, 3.8) is 0 Å². The summed E-state index contributed by atoms with van der Waals surface area (Å²) in [7, 11) is 0. The molecule has 82 valence electrons. The standard InChI is InChI=1S/C9H7N3O4/c10-4-5-6(11-8(13)14)2-1-3-7(5)12-9(15)16/h1-3,11-12H,(H,13,14)(H,15,16). The van der Waals surface area contributed by atoms with Crippen molar-refractivity contribution >= 4 is 23.6 Å². The number of nitrogens with zero attached hydrogens (tertiary/aromatic N) is 1. The zero-order valence-electron chi connectivity index (χ0n) is 7.89. The van der Waals surface area contributed by atoms with Crippen molar-refractivity contribution in [1.29, 1.82) is 5.26 Å². The highest BCUT2D eigenvalue weighted by Gasteiger charge is 2.11. The van der Waals surface area contributed by atoms with Gasteiger partial charge < -0.3 is 10.2 Å². The van der Waals surface area contributed by atoms with Gasteiger partial charge in [-0.25, -0.2) is 9.59 Å². The summed E-state index contributed by atoms with van der Waals surface area (Å²) < 4.78 is 0. The number of carboxylic acid groups (broad SMARTS) is 2. The van der Waals surface area contributed by atoms with E-state index in [2.05, 4.69) is 0 Å². The van der Waals surface area contributed by atoms with E-state index in [-0.39, 0.29) is 16.9 Å². The third-order valence-corrected chi connectivity index (χ3v) is 1.66. The minimum Gasteiger partial charge on any atom is -0.465 e. The largest absolute Gasteiger partial charge is 0.465 e. The number of nitriles is 1. The molecule has 1 aromatic carbocycles. The number of anilines is 2. The Morgan fingerprint density at radius 1 is 1.12 bits per heavy atom. The van der Waals surface area contributed by atoms with E-state index < -0.39 is 12.2 Å². The van der Waals surface area contributed by atoms with E-state index in [4.69, 9.17) is 15.5 Å². The van der Waals surface area contributed by atoms with Gasteiger partial charge in [0.05, 0.1) is 16.9 Å². The van der Waals surface area contributed by atoms with Gasteiger partial charge in [0, 0.05) is 0 Å². The average molecular weight is 221 g/mol. The summed E-state index contributed by atoms with van der Waals surface area (Å²) in [6, 6.07) is 5.87. The molecule has 0 atom stereocenters. The van der Waals surface area contributed by atoms with E-state index in [1.165, 1.54) is 18.2 Å². The molecule has 0 fully saturated rings. The number of hydrogen-bond donors (Lipinski definition) is 4. The van der Waals surface area contributed by atoms with Crippen LogP contribution in [0.2, 0.25) is 0 Å². The summed E-state index contributed by atoms with van der Waals surface area (Å²) >= 11 is 0. The maximum absolute atomic E-state index is 10.4. The molecule has 0 bridgehead atoms. The van der Waals surface area contributed by atoms with E-state index in [0.717, 1.165) is 0 Å². The predicted molar refractivity (Wildman–Crippen MR) is 54.5 cm³/mol. The molecule has 0 aliphatic rings. The van der Waals surface area contributed by atoms with Crippen LogP contribution in [0.4, 0.5) is 21.0 Å². The van der Waals surface area contributed by atoms with Crippen LogP contribution in [0.25, 0.3) is 0 Å². The summed E-state index contributed by atoms with van der Waals surface area (Å²) in [4.78, 5) is 20.8. The molecule has 4 N–H and O–H groups in total. The fourth-order valence-corrected chi connectivity index (χ4v) is 1.11. The predicted octanol–water partition coefficient (Wildman–Crippen LogP) is 1.74. The summed E-state index contributed by atoms with van der Waals surface area (Å²) in [6.07, 6.45) is -2.66. The van der Waals surface area contributed by atoms with Gasteiger partial charge in [0.25, 0.3) is 0 Å². The van der Waals surface area contributed by atoms with Crippen LogP contribution in [0.3, 0.4) is 0 Å². The molecular formula is C9H7N3O4. The van der Waals surface area contributed by atoms with E-state index in [1.807, 2.05) is 10.6 Å². The first-order valence-corrected chi connectivity index (χ1v) is 4.07. The quantitative estimate of drug-likeness (QED) is 0.605. The first-order valence-electron chi connectivity index (χ1n) is 4.07. The Balaban J connectivity index is 3.16. The Morgan fingerprint density at radius 3 is 1.88 bits per heavy atom. The van der Waals surface area contributed by atoms with Crippen molar-refractivity contribution in [2.75, 3.05) is 10.6 Å². The lowest BCUT2D eigenvalue weighted by Crippen LogP contribution is -2.12. The first kappa shape index (κ1) is 11.3. The Hall–Kier alpha value is -2.75. The van der Waals surface area contributed by atoms with Crippen LogP contribution in [0.15, 0.2) is 18.2 Å². The molecule has 0 unspecified atom stereocenters. The average Bonchev–Trinajstić information content (AvgIpc) is 2.16. The Morgan fingerprint density at radius 2 is 1.56 bits per heavy atom. The first-order chi connectivity index (χ1) is 7.54. The molecule has 0 aromatic heterocycles. The molecule has 0 radical (unpaired) electrons. The molecule has 7 nitrogen and oxygen atoms in total. The van der Waals surface area contributed by atoms with Gasteiger partial charge in [-0.1, -0.05) is 6.07 Å². The fourth-order valence-electron chi connectivity index (χ4n) is 1.11. The lowest BCUT2D eigenvalue weighted by atomic mass is 10.1. The summed E-state index contributed by atoms with van der Waals surface area (Å²) in [6.45, 7) is 0. The molecule has 1 rings (SSSR count). The molecule has 0 spiro atoms. The highest BCUT2D eigenvalue weighted by molar-refractivity contribution is 5.91. The number of rotatable bonds is 2. The van der Waals surface area contributed by atoms with Crippen LogP contribution in [-0.4, -0.2) is 22.4 Å². The maximum Gasteiger partial charge on any atom is 0.409 e. The monoisotopic (exact) mass is 221 g/mol. The van der Waals surface area contributed by atoms with Gasteiger partial charge in [0.2, 0.25) is 0 Å². The second-order valence-electron chi connectivity index (χ2n) is 2.70. The topological polar surface area (TPSA) is 122 Å². The molecule has 16 heavy (non-hydrogen) atoms. The molecular weight excluding hydrogens is 214 g/mol. The molecule has 1 aromatic rings. The van der Waals surface area contributed by atoms with Crippen molar-refractivity contribution < 1.29 is 19.8 Å². The van der Waals surface area contributed by atoms with Crippen molar-refractivity contribution in [2.45, 2.75) is 0 Å². The van der Waals surface area contributed by atoms with E-state index in [9.17, 15) is 9.59 Å². The van der Waals surface area contributed by atoms with Gasteiger partial charge in [-0.15, -0.1) is 0 Å². The van der Waals surface area contributed by atoms with Gasteiger partial charge in [-0.05, 0) is 12.1 Å². The number of carbonyl (C=O) groups is 2. The second kappa shape index (κ2) is 4.65. The molecule has 2 amide bonds. The van der Waals surface area contributed by atoms with Gasteiger partial charge in [-0.3, -0.25) is 10.6 Å². The maximum atomic E-state index is 10.4. The third-order valence-electron chi connectivity index (χ3n) is 1.66. The zero-order chi connectivity index (χ0) is 12.1. The SMILES string of the molecule is N#Cc1c(NC(=O)O)cccc1NC(=O)O. The lowest BCUT2D eigenvalue weighted by Gasteiger charge is -2.08. The van der Waals surface area contributed by atoms with Crippen LogP contribution in [0, 0.1) is 11.3 Å². The van der Waals surface area contributed by atoms with Crippen LogP contribution in [0.1, 0.15) is 5.56 Å². The van der Waals surface area contributed by atoms with Gasteiger partial charge in [-0.2, -0.15) is 5.26 Å². The third kappa shape index (κ3) is 2.62. The number of benzene rings is 1. The summed E-state index contributed by atoms with van der Waals surface area (Å²) in [5, 5.41) is 29.8. The van der Waals surface area contributed by atoms with Crippen molar-refractivity contribution in [3.05, 3.63) is 23.8 Å². The minimum absolute atomic E-state index is 0.0289. The minimum atomic E-state index is -1.33. The number of nitrogens with one attached hydrogen (secondary N) is 2. The lowest BCUT2D eigenvalue weighted by molar-refractivity contribution is 0.208. The zero-order valence-corrected chi connectivity index (χ0v) is 7.89. The van der Waals surface area contributed by atoms with Gasteiger partial charge in [0.1, 0.15) is 6.07 Å². The molecule has 0 aliphatic carbocycles. The molecule has 0 saturated heterocycles. The molecule has 7 heteroatoms. The smallest absolute Gasteiger partial charge is 0.409 e. The summed E-state index contributed by atoms with van der Waals surface area (Å²) in [5.41, 5.74) is -0.0187. The molecule has 0 aliphatic heterocycles. The van der Waals surface area contributed by atoms with Gasteiger partial charge in [0.15, 0.2) is 0 Å². The molecule has 0 saturated carbocycles. The van der Waals surface area contributed by atoms with Crippen molar-refractivity contribution in [3.8, 4) is 6.07 Å². The Labute approximate surface area is 89.9 Å². The number of amides is 2.